The van der Waals surface area contributed by atoms with Gasteiger partial charge in [-0.2, -0.15) is 0 Å². The van der Waals surface area contributed by atoms with E-state index in [1.807, 2.05) is 25.1 Å². The van der Waals surface area contributed by atoms with Gasteiger partial charge in [0.15, 0.2) is 14.6 Å². The Hall–Kier alpha value is -3.04. The minimum atomic E-state index is -4.02. The van der Waals surface area contributed by atoms with Gasteiger partial charge >= 0.3 is 5.97 Å². The summed E-state index contributed by atoms with van der Waals surface area (Å²) in [5, 5.41) is 0. The lowest BCUT2D eigenvalue weighted by Gasteiger charge is -2.34. The van der Waals surface area contributed by atoms with Crippen LogP contribution in [0.15, 0.2) is 48.8 Å². The Bertz CT molecular complexity index is 1200. The topological polar surface area (TPSA) is 128 Å². The molecule has 9 heteroatoms. The van der Waals surface area contributed by atoms with E-state index in [2.05, 4.69) is 10.4 Å². The molecule has 0 radical (unpaired) electrons. The molecule has 0 aliphatic carbocycles. The van der Waals surface area contributed by atoms with Crippen LogP contribution in [0.25, 0.3) is 6.08 Å². The van der Waals surface area contributed by atoms with Gasteiger partial charge in [-0.15, -0.1) is 0 Å². The molecule has 1 unspecified atom stereocenters. The number of nitrogens with one attached hydrogen (secondary N) is 1. The maximum absolute atomic E-state index is 13.5. The van der Waals surface area contributed by atoms with Crippen molar-refractivity contribution < 1.29 is 22.7 Å². The highest BCUT2D eigenvalue weighted by Gasteiger charge is 2.51. The quantitative estimate of drug-likeness (QED) is 0.212. The van der Waals surface area contributed by atoms with E-state index in [-0.39, 0.29) is 18.4 Å². The molecule has 2 rings (SSSR count). The molecule has 0 spiro atoms. The molecule has 0 aliphatic heterocycles. The molecule has 1 aromatic heterocycles. The van der Waals surface area contributed by atoms with Gasteiger partial charge in [0.2, 0.25) is 0 Å². The lowest BCUT2D eigenvalue weighted by atomic mass is 9.81. The molecule has 196 valence electrons. The Morgan fingerprint density at radius 2 is 1.92 bits per heavy atom. The summed E-state index contributed by atoms with van der Waals surface area (Å²) >= 11 is 0. The number of rotatable bonds is 10. The maximum atomic E-state index is 13.5. The fourth-order valence-corrected chi connectivity index (χ4v) is 5.82. The third kappa shape index (κ3) is 6.79. The van der Waals surface area contributed by atoms with Crippen molar-refractivity contribution >= 4 is 27.8 Å². The van der Waals surface area contributed by atoms with Gasteiger partial charge in [0.1, 0.15) is 5.60 Å². The number of esters is 1. The molecule has 2 aromatic rings. The predicted octanol–water partition coefficient (Wildman–Crippen LogP) is 3.95. The molecule has 36 heavy (non-hydrogen) atoms. The van der Waals surface area contributed by atoms with Crippen LogP contribution in [0, 0.1) is 6.92 Å². The van der Waals surface area contributed by atoms with Crippen molar-refractivity contribution in [1.29, 1.82) is 0 Å². The molecule has 1 heterocycles. The van der Waals surface area contributed by atoms with E-state index in [0.717, 1.165) is 17.4 Å². The number of benzene rings is 1. The second kappa shape index (κ2) is 11.8. The lowest BCUT2D eigenvalue weighted by molar-refractivity contribution is -0.156. The number of amides is 1. The smallest absolute Gasteiger partial charge is 0.314 e. The van der Waals surface area contributed by atoms with Crippen LogP contribution in [0.4, 0.5) is 0 Å². The zero-order valence-corrected chi connectivity index (χ0v) is 22.7. The van der Waals surface area contributed by atoms with E-state index in [9.17, 15) is 18.0 Å². The van der Waals surface area contributed by atoms with Crippen molar-refractivity contribution in [3.63, 3.8) is 0 Å². The number of nitrogens with zero attached hydrogens (tertiary/aromatic N) is 1. The molecule has 0 bridgehead atoms. The summed E-state index contributed by atoms with van der Waals surface area (Å²) in [4.78, 5) is 30.8. The molecular weight excluding hydrogens is 478 g/mol. The van der Waals surface area contributed by atoms with E-state index in [4.69, 9.17) is 10.6 Å². The van der Waals surface area contributed by atoms with Crippen molar-refractivity contribution in [2.75, 3.05) is 6.26 Å². The SMILES string of the molecule is CCC[C@](C(=O)NN)(c1ccc(C)cc1C(C/C=C/c1cccnc1)C(=O)OC(C)(C)C)S(C)(=O)=O. The number of hydrazine groups is 1. The number of hydrogen-bond acceptors (Lipinski definition) is 7. The first-order valence-corrected chi connectivity index (χ1v) is 13.8. The number of ether oxygens (including phenoxy) is 1. The Morgan fingerprint density at radius 1 is 1.22 bits per heavy atom. The van der Waals surface area contributed by atoms with Crippen molar-refractivity contribution in [1.82, 2.24) is 10.4 Å². The van der Waals surface area contributed by atoms with Crippen LogP contribution in [0.2, 0.25) is 0 Å². The Labute approximate surface area is 214 Å². The highest BCUT2D eigenvalue weighted by Crippen LogP contribution is 2.41. The second-order valence-corrected chi connectivity index (χ2v) is 12.2. The highest BCUT2D eigenvalue weighted by molar-refractivity contribution is 7.92. The Balaban J connectivity index is 2.78. The normalized spacial score (nSPS) is 14.8. The summed E-state index contributed by atoms with van der Waals surface area (Å²) in [7, 11) is -4.02. The third-order valence-electron chi connectivity index (χ3n) is 5.81. The first-order chi connectivity index (χ1) is 16.8. The molecule has 0 aliphatic rings. The molecule has 0 saturated carbocycles. The van der Waals surface area contributed by atoms with Crippen LogP contribution in [0.1, 0.15) is 75.1 Å². The van der Waals surface area contributed by atoms with Gasteiger partial charge in [0.05, 0.1) is 5.92 Å². The number of hydrogen-bond donors (Lipinski definition) is 2. The number of aryl methyl sites for hydroxylation is 1. The van der Waals surface area contributed by atoms with Crippen LogP contribution in [0.5, 0.6) is 0 Å². The lowest BCUT2D eigenvalue weighted by Crippen LogP contribution is -2.52. The average molecular weight is 516 g/mol. The molecular formula is C27H37N3O5S. The maximum Gasteiger partial charge on any atom is 0.314 e. The van der Waals surface area contributed by atoms with Gasteiger partial charge in [-0.25, -0.2) is 14.3 Å². The summed E-state index contributed by atoms with van der Waals surface area (Å²) in [6.07, 6.45) is 8.65. The highest BCUT2D eigenvalue weighted by atomic mass is 32.2. The van der Waals surface area contributed by atoms with Gasteiger partial charge < -0.3 is 4.74 Å². The number of carbonyl (C=O) groups is 2. The number of pyridine rings is 1. The zero-order valence-electron chi connectivity index (χ0n) is 21.9. The predicted molar refractivity (Wildman–Crippen MR) is 141 cm³/mol. The van der Waals surface area contributed by atoms with Gasteiger partial charge in [0, 0.05) is 18.6 Å². The fraction of sp³-hybridized carbons (Fsp3) is 0.444. The number of nitrogens with two attached hydrogens (primary N) is 1. The third-order valence-corrected chi connectivity index (χ3v) is 7.68. The van der Waals surface area contributed by atoms with Crippen molar-refractivity contribution in [2.45, 2.75) is 70.1 Å². The molecule has 0 saturated heterocycles. The molecule has 1 amide bonds. The summed E-state index contributed by atoms with van der Waals surface area (Å²) in [5.41, 5.74) is 3.60. The van der Waals surface area contributed by atoms with E-state index >= 15 is 0 Å². The van der Waals surface area contributed by atoms with E-state index in [1.165, 1.54) is 0 Å². The Kier molecular flexibility index (Phi) is 9.57. The standard InChI is InChI=1S/C27H37N3O5S/c1-7-15-27(25(32)30-28,36(6,33)34)23-14-13-19(2)17-22(23)21(24(31)35-26(3,4)5)12-8-10-20-11-9-16-29-18-20/h8-11,13-14,16-18,21H,7,12,15,28H2,1-6H3,(H,30,32)/b10-8+/t21?,27-/m1/s1. The minimum absolute atomic E-state index is 0.00249. The summed E-state index contributed by atoms with van der Waals surface area (Å²) in [5.74, 6) is 3.27. The van der Waals surface area contributed by atoms with Gasteiger partial charge in [0.25, 0.3) is 5.91 Å². The van der Waals surface area contributed by atoms with Crippen molar-refractivity contribution in [3.05, 3.63) is 71.1 Å². The monoisotopic (exact) mass is 515 g/mol. The number of allylic oxidation sites excluding steroid dienone is 1. The number of aromatic nitrogens is 1. The van der Waals surface area contributed by atoms with Crippen molar-refractivity contribution in [3.8, 4) is 0 Å². The van der Waals surface area contributed by atoms with Gasteiger partial charge in [-0.05, 0) is 63.3 Å². The van der Waals surface area contributed by atoms with Crippen molar-refractivity contribution in [2.24, 2.45) is 5.84 Å². The summed E-state index contributed by atoms with van der Waals surface area (Å²) < 4.78 is 30.3. The first kappa shape index (κ1) is 29.2. The molecule has 0 fully saturated rings. The van der Waals surface area contributed by atoms with Gasteiger partial charge in [-0.1, -0.05) is 55.3 Å². The van der Waals surface area contributed by atoms with Crippen LogP contribution in [-0.2, 0) is 28.9 Å². The Morgan fingerprint density at radius 3 is 2.44 bits per heavy atom. The molecule has 3 N–H and O–H groups in total. The van der Waals surface area contributed by atoms with E-state index < -0.39 is 38.0 Å². The van der Waals surface area contributed by atoms with E-state index in [1.54, 1.807) is 64.4 Å². The fourth-order valence-electron chi connectivity index (χ4n) is 4.27. The second-order valence-electron chi connectivity index (χ2n) is 9.92. The minimum Gasteiger partial charge on any atom is -0.459 e. The number of carbonyl (C=O) groups excluding carboxylic acids is 2. The van der Waals surface area contributed by atoms with Crippen LogP contribution >= 0.6 is 0 Å². The first-order valence-electron chi connectivity index (χ1n) is 11.9. The van der Waals surface area contributed by atoms with Crippen LogP contribution in [-0.4, -0.2) is 37.1 Å². The van der Waals surface area contributed by atoms with E-state index in [0.29, 0.717) is 12.0 Å². The van der Waals surface area contributed by atoms with Crippen LogP contribution < -0.4 is 11.3 Å². The number of sulfone groups is 1. The summed E-state index contributed by atoms with van der Waals surface area (Å²) in [6, 6.07) is 8.78. The molecule has 2 atom stereocenters. The molecule has 1 aromatic carbocycles. The van der Waals surface area contributed by atoms with Gasteiger partial charge in [-0.3, -0.25) is 20.0 Å². The summed E-state index contributed by atoms with van der Waals surface area (Å²) in [6.45, 7) is 8.94. The van der Waals surface area contributed by atoms with Crippen LogP contribution in [0.3, 0.4) is 0 Å². The molecule has 8 nitrogen and oxygen atoms in total. The zero-order chi connectivity index (χ0) is 27.1. The largest absolute Gasteiger partial charge is 0.459 e. The average Bonchev–Trinajstić information content (AvgIpc) is 2.78.